The third-order valence-electron chi connectivity index (χ3n) is 3.47. The van der Waals surface area contributed by atoms with Gasteiger partial charge in [0.05, 0.1) is 0 Å². The minimum Gasteiger partial charge on any atom is -0.355 e. The van der Waals surface area contributed by atoms with Crippen molar-refractivity contribution >= 4 is 17.5 Å². The van der Waals surface area contributed by atoms with Crippen LogP contribution >= 0.6 is 11.6 Å². The second-order valence-electron chi connectivity index (χ2n) is 4.66. The van der Waals surface area contributed by atoms with Gasteiger partial charge in [-0.25, -0.2) is 0 Å². The lowest BCUT2D eigenvalue weighted by Crippen LogP contribution is -2.35. The van der Waals surface area contributed by atoms with Crippen LogP contribution in [-0.2, 0) is 4.79 Å². The Kier molecular flexibility index (Phi) is 5.44. The first-order valence-corrected chi connectivity index (χ1v) is 6.48. The number of hydrogen-bond acceptors (Lipinski definition) is 1. The van der Waals surface area contributed by atoms with Crippen LogP contribution in [0, 0.1) is 11.8 Å². The number of alkyl halides is 1. The summed E-state index contributed by atoms with van der Waals surface area (Å²) in [6.07, 6.45) is 6.48. The molecule has 0 aromatic heterocycles. The van der Waals surface area contributed by atoms with E-state index in [1.165, 1.54) is 32.1 Å². The minimum atomic E-state index is -0.406. The summed E-state index contributed by atoms with van der Waals surface area (Å²) in [5, 5.41) is 2.51. The molecule has 0 saturated heterocycles. The normalized spacial score (nSPS) is 28.5. The molecule has 1 aliphatic rings. The predicted molar refractivity (Wildman–Crippen MR) is 64.1 cm³/mol. The quantitative estimate of drug-likeness (QED) is 0.741. The summed E-state index contributed by atoms with van der Waals surface area (Å²) < 4.78 is 0. The number of amides is 1. The van der Waals surface area contributed by atoms with Gasteiger partial charge in [-0.2, -0.15) is 0 Å². The summed E-state index contributed by atoms with van der Waals surface area (Å²) in [6, 6.07) is 0. The molecule has 1 saturated carbocycles. The fourth-order valence-corrected chi connectivity index (χ4v) is 2.31. The number of nitrogens with one attached hydrogen (secondary N) is 1. The molecule has 1 atom stereocenters. The molecule has 1 amide bonds. The van der Waals surface area contributed by atoms with Crippen molar-refractivity contribution in [3.63, 3.8) is 0 Å². The minimum absolute atomic E-state index is 0.0331. The van der Waals surface area contributed by atoms with Crippen LogP contribution in [0.1, 0.15) is 46.0 Å². The highest BCUT2D eigenvalue weighted by molar-refractivity contribution is 6.30. The predicted octanol–water partition coefficient (Wildman–Crippen LogP) is 2.95. The lowest BCUT2D eigenvalue weighted by molar-refractivity contribution is -0.120. The molecule has 1 unspecified atom stereocenters. The Bertz CT molecular complexity index is 198. The maximum atomic E-state index is 11.3. The number of halogens is 1. The van der Waals surface area contributed by atoms with Gasteiger partial charge in [0.2, 0.25) is 5.91 Å². The molecule has 0 radical (unpaired) electrons. The van der Waals surface area contributed by atoms with Crippen molar-refractivity contribution in [3.8, 4) is 0 Å². The van der Waals surface area contributed by atoms with E-state index in [9.17, 15) is 4.79 Å². The third kappa shape index (κ3) is 4.42. The van der Waals surface area contributed by atoms with Crippen LogP contribution in [-0.4, -0.2) is 17.8 Å². The van der Waals surface area contributed by atoms with Gasteiger partial charge in [-0.05, 0) is 31.6 Å². The van der Waals surface area contributed by atoms with E-state index >= 15 is 0 Å². The molecule has 1 N–H and O–H groups in total. The molecule has 0 spiro atoms. The number of carbonyl (C=O) groups excluding carboxylic acids is 1. The zero-order valence-corrected chi connectivity index (χ0v) is 10.5. The van der Waals surface area contributed by atoms with Gasteiger partial charge in [0, 0.05) is 6.54 Å². The first-order valence-electron chi connectivity index (χ1n) is 6.05. The highest BCUT2D eigenvalue weighted by Gasteiger charge is 2.20. The highest BCUT2D eigenvalue weighted by atomic mass is 35.5. The Hall–Kier alpha value is -0.240. The zero-order chi connectivity index (χ0) is 11.3. The Morgan fingerprint density at radius 3 is 2.33 bits per heavy atom. The summed E-state index contributed by atoms with van der Waals surface area (Å²) in [5.41, 5.74) is 0. The molecular weight excluding hydrogens is 210 g/mol. The molecule has 0 bridgehead atoms. The SMILES string of the molecule is CCC1CCC(CNC(=O)C(C)Cl)CC1. The van der Waals surface area contributed by atoms with Crippen LogP contribution in [0.4, 0.5) is 0 Å². The van der Waals surface area contributed by atoms with Crippen LogP contribution < -0.4 is 5.32 Å². The summed E-state index contributed by atoms with van der Waals surface area (Å²) in [7, 11) is 0. The number of carbonyl (C=O) groups is 1. The zero-order valence-electron chi connectivity index (χ0n) is 9.76. The largest absolute Gasteiger partial charge is 0.355 e. The third-order valence-corrected chi connectivity index (χ3v) is 3.67. The Labute approximate surface area is 97.8 Å². The van der Waals surface area contributed by atoms with E-state index in [0.29, 0.717) is 5.92 Å². The van der Waals surface area contributed by atoms with E-state index in [0.717, 1.165) is 12.5 Å². The van der Waals surface area contributed by atoms with Gasteiger partial charge in [0.25, 0.3) is 0 Å². The molecule has 3 heteroatoms. The van der Waals surface area contributed by atoms with Crippen molar-refractivity contribution in [2.24, 2.45) is 11.8 Å². The van der Waals surface area contributed by atoms with Crippen molar-refractivity contribution < 1.29 is 4.79 Å². The summed E-state index contributed by atoms with van der Waals surface area (Å²) in [6.45, 7) is 4.79. The van der Waals surface area contributed by atoms with E-state index in [1.54, 1.807) is 6.92 Å². The molecule has 1 aliphatic carbocycles. The average Bonchev–Trinajstić information content (AvgIpc) is 2.26. The summed E-state index contributed by atoms with van der Waals surface area (Å²) in [5.74, 6) is 1.56. The van der Waals surface area contributed by atoms with Crippen molar-refractivity contribution in [3.05, 3.63) is 0 Å². The molecule has 1 rings (SSSR count). The van der Waals surface area contributed by atoms with Crippen LogP contribution in [0.2, 0.25) is 0 Å². The molecule has 0 aromatic carbocycles. The van der Waals surface area contributed by atoms with E-state index in [2.05, 4.69) is 12.2 Å². The van der Waals surface area contributed by atoms with Crippen molar-refractivity contribution in [1.82, 2.24) is 5.32 Å². The van der Waals surface area contributed by atoms with Gasteiger partial charge in [0.1, 0.15) is 5.38 Å². The van der Waals surface area contributed by atoms with E-state index in [4.69, 9.17) is 11.6 Å². The summed E-state index contributed by atoms with van der Waals surface area (Å²) >= 11 is 5.68. The fourth-order valence-electron chi connectivity index (χ4n) is 2.23. The molecule has 0 heterocycles. The van der Waals surface area contributed by atoms with Crippen LogP contribution in [0.15, 0.2) is 0 Å². The monoisotopic (exact) mass is 231 g/mol. The second-order valence-corrected chi connectivity index (χ2v) is 5.31. The lowest BCUT2D eigenvalue weighted by atomic mass is 9.81. The number of hydrogen-bond donors (Lipinski definition) is 1. The van der Waals surface area contributed by atoms with Gasteiger partial charge < -0.3 is 5.32 Å². The smallest absolute Gasteiger partial charge is 0.237 e. The van der Waals surface area contributed by atoms with Crippen LogP contribution in [0.3, 0.4) is 0 Å². The number of rotatable bonds is 4. The molecule has 0 aliphatic heterocycles. The fraction of sp³-hybridized carbons (Fsp3) is 0.917. The summed E-state index contributed by atoms with van der Waals surface area (Å²) in [4.78, 5) is 11.3. The van der Waals surface area contributed by atoms with Gasteiger partial charge >= 0.3 is 0 Å². The Balaban J connectivity index is 2.16. The second kappa shape index (κ2) is 6.37. The van der Waals surface area contributed by atoms with E-state index in [-0.39, 0.29) is 5.91 Å². The Morgan fingerprint density at radius 1 is 1.33 bits per heavy atom. The van der Waals surface area contributed by atoms with E-state index < -0.39 is 5.38 Å². The van der Waals surface area contributed by atoms with Crippen molar-refractivity contribution in [2.75, 3.05) is 6.54 Å². The Morgan fingerprint density at radius 2 is 1.87 bits per heavy atom. The van der Waals surface area contributed by atoms with Crippen LogP contribution in [0.5, 0.6) is 0 Å². The van der Waals surface area contributed by atoms with Gasteiger partial charge in [-0.15, -0.1) is 11.6 Å². The topological polar surface area (TPSA) is 29.1 Å². The first kappa shape index (κ1) is 12.8. The molecule has 0 aromatic rings. The maximum Gasteiger partial charge on any atom is 0.237 e. The lowest BCUT2D eigenvalue weighted by Gasteiger charge is -2.27. The molecule has 88 valence electrons. The van der Waals surface area contributed by atoms with Crippen molar-refractivity contribution in [2.45, 2.75) is 51.3 Å². The standard InChI is InChI=1S/C12H22ClNO/c1-3-10-4-6-11(7-5-10)8-14-12(15)9(2)13/h9-11H,3-8H2,1-2H3,(H,14,15). The molecule has 2 nitrogen and oxygen atoms in total. The molecule has 1 fully saturated rings. The highest BCUT2D eigenvalue weighted by Crippen LogP contribution is 2.30. The average molecular weight is 232 g/mol. The van der Waals surface area contributed by atoms with E-state index in [1.807, 2.05) is 0 Å². The van der Waals surface area contributed by atoms with Gasteiger partial charge in [0.15, 0.2) is 0 Å². The van der Waals surface area contributed by atoms with Gasteiger partial charge in [-0.1, -0.05) is 26.2 Å². The van der Waals surface area contributed by atoms with Crippen LogP contribution in [0.25, 0.3) is 0 Å². The van der Waals surface area contributed by atoms with Crippen molar-refractivity contribution in [1.29, 1.82) is 0 Å². The molecular formula is C12H22ClNO. The first-order chi connectivity index (χ1) is 7.13. The molecule has 15 heavy (non-hydrogen) atoms. The maximum absolute atomic E-state index is 11.3. The van der Waals surface area contributed by atoms with Gasteiger partial charge in [-0.3, -0.25) is 4.79 Å².